The number of hydrogen-bond acceptors (Lipinski definition) is 8. The first-order valence-electron chi connectivity index (χ1n) is 9.94. The molecule has 1 fully saturated rings. The number of nitrogens with zero attached hydrogens (tertiary/aromatic N) is 5. The largest absolute Gasteiger partial charge is 0.497 e. The van der Waals surface area contributed by atoms with Crippen molar-refractivity contribution >= 4 is 29.5 Å². The fraction of sp³-hybridized carbons (Fsp3) is 0.273. The van der Waals surface area contributed by atoms with Crippen LogP contribution in [-0.2, 0) is 0 Å². The Morgan fingerprint density at radius 2 is 1.65 bits per heavy atom. The maximum absolute atomic E-state index is 12.7. The van der Waals surface area contributed by atoms with Crippen LogP contribution in [0.5, 0.6) is 5.75 Å². The fourth-order valence-corrected chi connectivity index (χ4v) is 3.81. The van der Waals surface area contributed by atoms with Crippen LogP contribution in [0.1, 0.15) is 10.5 Å². The van der Waals surface area contributed by atoms with Crippen LogP contribution in [0.3, 0.4) is 0 Å². The van der Waals surface area contributed by atoms with Crippen molar-refractivity contribution in [1.82, 2.24) is 24.2 Å². The molecule has 4 rings (SSSR count). The molecule has 1 N–H and O–H groups in total. The number of pyridine rings is 1. The van der Waals surface area contributed by atoms with E-state index in [4.69, 9.17) is 4.74 Å². The van der Waals surface area contributed by atoms with Crippen molar-refractivity contribution in [3.63, 3.8) is 0 Å². The van der Waals surface area contributed by atoms with Gasteiger partial charge in [-0.25, -0.2) is 19.3 Å². The van der Waals surface area contributed by atoms with Gasteiger partial charge >= 0.3 is 0 Å². The zero-order valence-electron chi connectivity index (χ0n) is 17.5. The molecule has 1 saturated heterocycles. The number of nitrogens with one attached hydrogen (secondary N) is 1. The first-order chi connectivity index (χ1) is 15.2. The summed E-state index contributed by atoms with van der Waals surface area (Å²) in [5.41, 5.74) is 3.09. The number of methoxy groups -OCH3 is 1. The molecule has 0 radical (unpaired) electrons. The molecule has 1 amide bonds. The number of hydrogen-bond donors (Lipinski definition) is 1. The van der Waals surface area contributed by atoms with Gasteiger partial charge in [0.1, 0.15) is 11.4 Å². The molecule has 3 heterocycles. The Bertz CT molecular complexity index is 1000. The third-order valence-electron chi connectivity index (χ3n) is 5.10. The highest BCUT2D eigenvalue weighted by molar-refractivity contribution is 7.96. The van der Waals surface area contributed by atoms with Gasteiger partial charge in [-0.05, 0) is 36.1 Å². The summed E-state index contributed by atoms with van der Waals surface area (Å²) in [6.45, 7) is 3.18. The molecule has 0 unspecified atom stereocenters. The SMILES string of the molecule is COc1ccc(-c2cnc(Nc3ccc(C(=O)N4CCN(SC)CC4)nc3)nc2)cc1. The molecule has 0 saturated carbocycles. The molecule has 8 nitrogen and oxygen atoms in total. The third-order valence-corrected chi connectivity index (χ3v) is 5.98. The van der Waals surface area contributed by atoms with E-state index in [1.54, 1.807) is 43.7 Å². The second-order valence-electron chi connectivity index (χ2n) is 6.98. The summed E-state index contributed by atoms with van der Waals surface area (Å²) in [7, 11) is 1.64. The van der Waals surface area contributed by atoms with E-state index in [0.29, 0.717) is 11.6 Å². The van der Waals surface area contributed by atoms with E-state index < -0.39 is 0 Å². The van der Waals surface area contributed by atoms with Crippen LogP contribution in [0.2, 0.25) is 0 Å². The average molecular weight is 437 g/mol. The number of ether oxygens (including phenoxy) is 1. The fourth-order valence-electron chi connectivity index (χ4n) is 3.28. The van der Waals surface area contributed by atoms with Crippen molar-refractivity contribution in [3.05, 3.63) is 60.7 Å². The molecule has 1 aliphatic rings. The maximum Gasteiger partial charge on any atom is 0.272 e. The summed E-state index contributed by atoms with van der Waals surface area (Å²) >= 11 is 1.71. The van der Waals surface area contributed by atoms with Gasteiger partial charge in [0.25, 0.3) is 5.91 Å². The van der Waals surface area contributed by atoms with Gasteiger partial charge in [0.05, 0.1) is 19.0 Å². The van der Waals surface area contributed by atoms with E-state index in [2.05, 4.69) is 30.8 Å². The molecule has 3 aromatic rings. The second-order valence-corrected chi connectivity index (χ2v) is 7.87. The minimum absolute atomic E-state index is 0.0348. The molecule has 0 aliphatic carbocycles. The monoisotopic (exact) mass is 436 g/mol. The highest BCUT2D eigenvalue weighted by Crippen LogP contribution is 2.22. The number of carbonyl (C=O) groups is 1. The van der Waals surface area contributed by atoms with Crippen molar-refractivity contribution < 1.29 is 9.53 Å². The second kappa shape index (κ2) is 9.76. The van der Waals surface area contributed by atoms with E-state index in [0.717, 1.165) is 48.7 Å². The molecule has 1 aromatic carbocycles. The molecular weight excluding hydrogens is 412 g/mol. The minimum atomic E-state index is -0.0348. The van der Waals surface area contributed by atoms with E-state index in [-0.39, 0.29) is 5.91 Å². The Kier molecular flexibility index (Phi) is 6.63. The molecule has 31 heavy (non-hydrogen) atoms. The van der Waals surface area contributed by atoms with Gasteiger partial charge in [0.15, 0.2) is 0 Å². The lowest BCUT2D eigenvalue weighted by molar-refractivity contribution is 0.0698. The van der Waals surface area contributed by atoms with Crippen LogP contribution in [0.15, 0.2) is 55.0 Å². The van der Waals surface area contributed by atoms with Crippen LogP contribution in [0.25, 0.3) is 11.1 Å². The number of amides is 1. The summed E-state index contributed by atoms with van der Waals surface area (Å²) < 4.78 is 7.44. The van der Waals surface area contributed by atoms with E-state index >= 15 is 0 Å². The molecule has 2 aromatic heterocycles. The van der Waals surface area contributed by atoms with Gasteiger partial charge in [-0.1, -0.05) is 24.1 Å². The van der Waals surface area contributed by atoms with Gasteiger partial charge in [0, 0.05) is 44.1 Å². The van der Waals surface area contributed by atoms with Crippen molar-refractivity contribution in [1.29, 1.82) is 0 Å². The molecule has 0 atom stereocenters. The summed E-state index contributed by atoms with van der Waals surface area (Å²) in [5, 5.41) is 3.12. The summed E-state index contributed by atoms with van der Waals surface area (Å²) in [6, 6.07) is 11.3. The predicted octanol–water partition coefficient (Wildman–Crippen LogP) is 3.33. The van der Waals surface area contributed by atoms with E-state index in [1.807, 2.05) is 35.2 Å². The van der Waals surface area contributed by atoms with Crippen molar-refractivity contribution in [2.75, 3.05) is 44.9 Å². The van der Waals surface area contributed by atoms with Crippen LogP contribution in [0.4, 0.5) is 11.6 Å². The molecule has 160 valence electrons. The molecule has 9 heteroatoms. The summed E-state index contributed by atoms with van der Waals surface area (Å²) in [4.78, 5) is 27.6. The Balaban J connectivity index is 1.37. The number of benzene rings is 1. The van der Waals surface area contributed by atoms with Crippen LogP contribution in [-0.4, -0.2) is 69.6 Å². The normalized spacial score (nSPS) is 14.3. The smallest absolute Gasteiger partial charge is 0.272 e. The van der Waals surface area contributed by atoms with Crippen LogP contribution >= 0.6 is 11.9 Å². The zero-order chi connectivity index (χ0) is 21.6. The Morgan fingerprint density at radius 3 is 2.23 bits per heavy atom. The first-order valence-corrected chi connectivity index (χ1v) is 11.1. The quantitative estimate of drug-likeness (QED) is 0.589. The highest BCUT2D eigenvalue weighted by Gasteiger charge is 2.22. The topological polar surface area (TPSA) is 83.5 Å². The number of anilines is 2. The molecule has 0 bridgehead atoms. The number of rotatable bonds is 6. The first kappa shape index (κ1) is 21.1. The molecular formula is C22H24N6O2S. The van der Waals surface area contributed by atoms with Crippen LogP contribution < -0.4 is 10.1 Å². The van der Waals surface area contributed by atoms with Crippen molar-refractivity contribution in [2.45, 2.75) is 0 Å². The molecule has 1 aliphatic heterocycles. The van der Waals surface area contributed by atoms with Crippen LogP contribution in [0, 0.1) is 0 Å². The van der Waals surface area contributed by atoms with Gasteiger partial charge in [-0.2, -0.15) is 0 Å². The average Bonchev–Trinajstić information content (AvgIpc) is 2.85. The standard InChI is InChI=1S/C22H24N6O2S/c1-30-19-6-3-16(4-7-19)17-13-24-22(25-14-17)26-18-5-8-20(23-15-18)21(29)27-9-11-28(31-2)12-10-27/h3-8,13-15H,9-12H2,1-2H3,(H,24,25,26). The maximum atomic E-state index is 12.7. The lowest BCUT2D eigenvalue weighted by atomic mass is 10.1. The number of piperazine rings is 1. The van der Waals surface area contributed by atoms with Gasteiger partial charge in [0.2, 0.25) is 5.95 Å². The Labute approximate surface area is 185 Å². The number of aromatic nitrogens is 3. The lowest BCUT2D eigenvalue weighted by Crippen LogP contribution is -2.46. The van der Waals surface area contributed by atoms with E-state index in [9.17, 15) is 4.79 Å². The highest BCUT2D eigenvalue weighted by atomic mass is 32.2. The predicted molar refractivity (Wildman–Crippen MR) is 123 cm³/mol. The molecule has 0 spiro atoms. The zero-order valence-corrected chi connectivity index (χ0v) is 18.3. The summed E-state index contributed by atoms with van der Waals surface area (Å²) in [6.07, 6.45) is 7.21. The van der Waals surface area contributed by atoms with Crippen molar-refractivity contribution in [3.8, 4) is 16.9 Å². The lowest BCUT2D eigenvalue weighted by Gasteiger charge is -2.33. The van der Waals surface area contributed by atoms with E-state index in [1.165, 1.54) is 0 Å². The van der Waals surface area contributed by atoms with Crippen molar-refractivity contribution in [2.24, 2.45) is 0 Å². The Morgan fingerprint density at radius 1 is 0.935 bits per heavy atom. The van der Waals surface area contributed by atoms with Gasteiger partial charge in [-0.3, -0.25) is 4.79 Å². The van der Waals surface area contributed by atoms with Gasteiger partial charge in [-0.15, -0.1) is 0 Å². The number of carbonyl (C=O) groups excluding carboxylic acids is 1. The van der Waals surface area contributed by atoms with Gasteiger partial charge < -0.3 is 15.0 Å². The summed E-state index contributed by atoms with van der Waals surface area (Å²) in [5.74, 6) is 1.23. The third kappa shape index (κ3) is 5.12. The minimum Gasteiger partial charge on any atom is -0.497 e. The Hall–Kier alpha value is -3.17.